The van der Waals surface area contributed by atoms with Crippen molar-refractivity contribution in [3.63, 3.8) is 0 Å². The molecule has 1 N–H and O–H groups in total. The van der Waals surface area contributed by atoms with E-state index in [4.69, 9.17) is 4.42 Å². The van der Waals surface area contributed by atoms with Crippen molar-refractivity contribution in [3.05, 3.63) is 77.7 Å². The van der Waals surface area contributed by atoms with E-state index in [0.29, 0.717) is 11.6 Å². The predicted molar refractivity (Wildman–Crippen MR) is 102 cm³/mol. The number of fused-ring (bicyclic) bond motifs is 1. The van der Waals surface area contributed by atoms with E-state index < -0.39 is 0 Å². The number of halogens is 1. The Morgan fingerprint density at radius 2 is 2.04 bits per heavy atom. The minimum absolute atomic E-state index is 0.254. The molecule has 4 heterocycles. The highest BCUT2D eigenvalue weighted by Crippen LogP contribution is 2.29. The van der Waals surface area contributed by atoms with E-state index in [1.165, 1.54) is 12.1 Å². The Morgan fingerprint density at radius 1 is 1.14 bits per heavy atom. The van der Waals surface area contributed by atoms with Gasteiger partial charge in [0.05, 0.1) is 12.0 Å². The summed E-state index contributed by atoms with van der Waals surface area (Å²) in [5.41, 5.74) is 4.91. The summed E-state index contributed by atoms with van der Waals surface area (Å²) in [4.78, 5) is 11.1. The van der Waals surface area contributed by atoms with Gasteiger partial charge in [-0.2, -0.15) is 5.10 Å². The fraction of sp³-hybridized carbons (Fsp3) is 0.190. The Kier molecular flexibility index (Phi) is 4.21. The molecule has 0 fully saturated rings. The van der Waals surface area contributed by atoms with Crippen LogP contribution in [0.2, 0.25) is 0 Å². The van der Waals surface area contributed by atoms with Crippen LogP contribution in [-0.2, 0) is 19.5 Å². The van der Waals surface area contributed by atoms with Crippen LogP contribution in [0.25, 0.3) is 22.8 Å². The molecular formula is C21H18FN5O. The summed E-state index contributed by atoms with van der Waals surface area (Å²) in [5.74, 6) is 0.987. The molecule has 6 nitrogen and oxygen atoms in total. The normalized spacial score (nSPS) is 14.2. The molecule has 4 aromatic rings. The van der Waals surface area contributed by atoms with E-state index in [1.54, 1.807) is 12.3 Å². The molecule has 0 radical (unpaired) electrons. The smallest absolute Gasteiger partial charge is 0.195 e. The monoisotopic (exact) mass is 375 g/mol. The number of furan rings is 1. The first-order chi connectivity index (χ1) is 13.8. The van der Waals surface area contributed by atoms with E-state index in [-0.39, 0.29) is 5.82 Å². The minimum Gasteiger partial charge on any atom is -0.461 e. The van der Waals surface area contributed by atoms with Gasteiger partial charge < -0.3 is 4.42 Å². The summed E-state index contributed by atoms with van der Waals surface area (Å²) >= 11 is 0. The van der Waals surface area contributed by atoms with Crippen LogP contribution in [0, 0.1) is 5.82 Å². The number of aromatic nitrogens is 4. The Bertz CT molecular complexity index is 1090. The number of benzene rings is 1. The van der Waals surface area contributed by atoms with Crippen molar-refractivity contribution in [2.45, 2.75) is 19.5 Å². The highest BCUT2D eigenvalue weighted by atomic mass is 19.1. The fourth-order valence-electron chi connectivity index (χ4n) is 3.59. The number of nitrogens with one attached hydrogen (secondary N) is 1. The minimum atomic E-state index is -0.254. The Morgan fingerprint density at radius 3 is 2.82 bits per heavy atom. The highest BCUT2D eigenvalue weighted by molar-refractivity contribution is 5.64. The first-order valence-corrected chi connectivity index (χ1v) is 9.15. The average molecular weight is 375 g/mol. The molecule has 140 valence electrons. The summed E-state index contributed by atoms with van der Waals surface area (Å²) < 4.78 is 19.0. The summed E-state index contributed by atoms with van der Waals surface area (Å²) in [6, 6.07) is 10.2. The van der Waals surface area contributed by atoms with Crippen LogP contribution >= 0.6 is 0 Å². The number of rotatable bonds is 4. The van der Waals surface area contributed by atoms with Crippen molar-refractivity contribution in [2.75, 3.05) is 6.54 Å². The van der Waals surface area contributed by atoms with Crippen LogP contribution in [0.3, 0.4) is 0 Å². The molecule has 0 unspecified atom stereocenters. The summed E-state index contributed by atoms with van der Waals surface area (Å²) in [6.45, 7) is 2.40. The molecule has 3 aromatic heterocycles. The molecule has 0 saturated heterocycles. The SMILES string of the molecule is Fc1cccc(-c2n[nH]c3c2CN(Cc2cnc(-c4ccco4)nc2)CC3)c1. The highest BCUT2D eigenvalue weighted by Gasteiger charge is 2.23. The molecule has 1 aliphatic rings. The zero-order valence-corrected chi connectivity index (χ0v) is 15.1. The second-order valence-electron chi connectivity index (χ2n) is 6.89. The van der Waals surface area contributed by atoms with Crippen molar-refractivity contribution in [1.82, 2.24) is 25.1 Å². The van der Waals surface area contributed by atoms with E-state index in [9.17, 15) is 4.39 Å². The van der Waals surface area contributed by atoms with Gasteiger partial charge in [0.15, 0.2) is 11.6 Å². The van der Waals surface area contributed by atoms with Crippen molar-refractivity contribution in [3.8, 4) is 22.8 Å². The Balaban J connectivity index is 1.34. The number of nitrogens with zero attached hydrogens (tertiary/aromatic N) is 4. The van der Waals surface area contributed by atoms with Crippen LogP contribution in [0.4, 0.5) is 4.39 Å². The van der Waals surface area contributed by atoms with Crippen LogP contribution in [0.15, 0.2) is 59.5 Å². The second kappa shape index (κ2) is 7.01. The number of hydrogen-bond acceptors (Lipinski definition) is 5. The number of H-pyrrole nitrogens is 1. The molecule has 0 amide bonds. The lowest BCUT2D eigenvalue weighted by Gasteiger charge is -2.26. The van der Waals surface area contributed by atoms with Gasteiger partial charge in [-0.1, -0.05) is 12.1 Å². The third kappa shape index (κ3) is 3.20. The molecule has 7 heteroatoms. The molecule has 0 atom stereocenters. The molecule has 1 aliphatic heterocycles. The van der Waals surface area contributed by atoms with E-state index >= 15 is 0 Å². The van der Waals surface area contributed by atoms with E-state index in [0.717, 1.165) is 54.1 Å². The molecular weight excluding hydrogens is 357 g/mol. The second-order valence-corrected chi connectivity index (χ2v) is 6.89. The maximum absolute atomic E-state index is 13.6. The fourth-order valence-corrected chi connectivity index (χ4v) is 3.59. The van der Waals surface area contributed by atoms with Gasteiger partial charge >= 0.3 is 0 Å². The lowest BCUT2D eigenvalue weighted by atomic mass is 10.0. The predicted octanol–water partition coefficient (Wildman–Crippen LogP) is 3.82. The van der Waals surface area contributed by atoms with Crippen molar-refractivity contribution in [2.24, 2.45) is 0 Å². The first-order valence-electron chi connectivity index (χ1n) is 9.15. The lowest BCUT2D eigenvalue weighted by Crippen LogP contribution is -2.30. The standard InChI is InChI=1S/C21H18FN5O/c22-16-4-1-3-15(9-16)20-17-13-27(7-6-18(17)25-26-20)12-14-10-23-21(24-11-14)19-5-2-8-28-19/h1-5,8-11H,6-7,12-13H2,(H,25,26). The maximum Gasteiger partial charge on any atom is 0.195 e. The van der Waals surface area contributed by atoms with Gasteiger partial charge in [0.1, 0.15) is 5.82 Å². The average Bonchev–Trinajstić information content (AvgIpc) is 3.38. The molecule has 0 aliphatic carbocycles. The first kappa shape index (κ1) is 16.8. The van der Waals surface area contributed by atoms with Crippen LogP contribution in [0.5, 0.6) is 0 Å². The number of hydrogen-bond donors (Lipinski definition) is 1. The molecule has 1 aromatic carbocycles. The molecule has 0 bridgehead atoms. The quantitative estimate of drug-likeness (QED) is 0.587. The summed E-state index contributed by atoms with van der Waals surface area (Å²) in [6.07, 6.45) is 6.16. The van der Waals surface area contributed by atoms with Crippen molar-refractivity contribution in [1.29, 1.82) is 0 Å². The van der Waals surface area contributed by atoms with Crippen LogP contribution < -0.4 is 0 Å². The molecule has 5 rings (SSSR count). The van der Waals surface area contributed by atoms with Crippen molar-refractivity contribution < 1.29 is 8.81 Å². The van der Waals surface area contributed by atoms with Gasteiger partial charge in [-0.05, 0) is 24.3 Å². The number of aromatic amines is 1. The molecule has 0 spiro atoms. The summed E-state index contributed by atoms with van der Waals surface area (Å²) in [5, 5.41) is 7.55. The van der Waals surface area contributed by atoms with Crippen molar-refractivity contribution >= 4 is 0 Å². The van der Waals surface area contributed by atoms with Gasteiger partial charge in [0, 0.05) is 60.8 Å². The maximum atomic E-state index is 13.6. The Labute approximate surface area is 161 Å². The van der Waals surface area contributed by atoms with Gasteiger partial charge in [-0.3, -0.25) is 10.00 Å². The van der Waals surface area contributed by atoms with E-state index in [1.807, 2.05) is 30.6 Å². The van der Waals surface area contributed by atoms with Crippen LogP contribution in [0.1, 0.15) is 16.8 Å². The van der Waals surface area contributed by atoms with Gasteiger partial charge in [0.2, 0.25) is 0 Å². The molecule has 0 saturated carbocycles. The van der Waals surface area contributed by atoms with Gasteiger partial charge in [-0.25, -0.2) is 14.4 Å². The Hall–Kier alpha value is -3.32. The van der Waals surface area contributed by atoms with E-state index in [2.05, 4.69) is 25.1 Å². The van der Waals surface area contributed by atoms with Crippen LogP contribution in [-0.4, -0.2) is 31.6 Å². The summed E-state index contributed by atoms with van der Waals surface area (Å²) in [7, 11) is 0. The van der Waals surface area contributed by atoms with Gasteiger partial charge in [-0.15, -0.1) is 0 Å². The lowest BCUT2D eigenvalue weighted by molar-refractivity contribution is 0.244. The van der Waals surface area contributed by atoms with Gasteiger partial charge in [0.25, 0.3) is 0 Å². The third-order valence-electron chi connectivity index (χ3n) is 4.96. The largest absolute Gasteiger partial charge is 0.461 e. The molecule has 28 heavy (non-hydrogen) atoms. The zero-order valence-electron chi connectivity index (χ0n) is 15.1. The topological polar surface area (TPSA) is 70.8 Å². The third-order valence-corrected chi connectivity index (χ3v) is 4.96. The zero-order chi connectivity index (χ0) is 18.9.